The highest BCUT2D eigenvalue weighted by Gasteiger charge is 2.18. The topological polar surface area (TPSA) is 47.3 Å². The van der Waals surface area contributed by atoms with Crippen LogP contribution in [-0.4, -0.2) is 12.7 Å². The molecule has 0 radical (unpaired) electrons. The molecule has 2 atom stereocenters. The third kappa shape index (κ3) is 4.17. The Morgan fingerprint density at radius 3 is 3.05 bits per heavy atom. The van der Waals surface area contributed by atoms with E-state index in [2.05, 4.69) is 21.4 Å². The molecule has 1 fully saturated rings. The van der Waals surface area contributed by atoms with Crippen LogP contribution in [-0.2, 0) is 4.74 Å². The minimum absolute atomic E-state index is 0.0893. The molecule has 1 heterocycles. The predicted octanol–water partition coefficient (Wildman–Crippen LogP) is 3.96. The number of ether oxygens (including phenoxy) is 1. The fourth-order valence-corrected chi connectivity index (χ4v) is 3.18. The largest absolute Gasteiger partial charge is 0.378 e. The van der Waals surface area contributed by atoms with Gasteiger partial charge in [-0.1, -0.05) is 23.7 Å². The molecule has 3 N–H and O–H groups in total. The summed E-state index contributed by atoms with van der Waals surface area (Å²) in [6, 6.07) is 6.02. The van der Waals surface area contributed by atoms with Crippen molar-refractivity contribution in [2.75, 3.05) is 6.61 Å². The van der Waals surface area contributed by atoms with Crippen LogP contribution < -0.4 is 11.3 Å². The third-order valence-corrected chi connectivity index (χ3v) is 4.91. The Bertz CT molecular complexity index is 410. The van der Waals surface area contributed by atoms with Gasteiger partial charge in [0.25, 0.3) is 0 Å². The summed E-state index contributed by atoms with van der Waals surface area (Å²) in [5, 5.41) is 0.738. The van der Waals surface area contributed by atoms with Gasteiger partial charge >= 0.3 is 0 Å². The maximum atomic E-state index is 6.31. The van der Waals surface area contributed by atoms with Crippen molar-refractivity contribution in [2.24, 2.45) is 5.84 Å². The lowest BCUT2D eigenvalue weighted by molar-refractivity contribution is 0.101. The molecule has 1 saturated heterocycles. The first-order valence-corrected chi connectivity index (χ1v) is 7.91. The number of hydrazine groups is 1. The van der Waals surface area contributed by atoms with Gasteiger partial charge in [-0.3, -0.25) is 11.3 Å². The smallest absolute Gasteiger partial charge is 0.0596 e. The molecule has 1 aromatic carbocycles. The quantitative estimate of drug-likeness (QED) is 0.605. The molecule has 1 aromatic rings. The first-order chi connectivity index (χ1) is 9.22. The Morgan fingerprint density at radius 1 is 1.53 bits per heavy atom. The highest BCUT2D eigenvalue weighted by Crippen LogP contribution is 2.32. The summed E-state index contributed by atoms with van der Waals surface area (Å²) >= 11 is 9.75. The molecule has 0 bridgehead atoms. The van der Waals surface area contributed by atoms with E-state index < -0.39 is 0 Å². The van der Waals surface area contributed by atoms with Gasteiger partial charge in [-0.2, -0.15) is 0 Å². The Labute approximate surface area is 127 Å². The van der Waals surface area contributed by atoms with Gasteiger partial charge in [0.05, 0.1) is 11.1 Å². The molecular weight excluding hydrogens is 328 g/mol. The SMILES string of the molecule is NNC(CCCC1CCCO1)c1cccc(Br)c1Cl. The summed E-state index contributed by atoms with van der Waals surface area (Å²) < 4.78 is 6.54. The molecule has 0 amide bonds. The monoisotopic (exact) mass is 346 g/mol. The normalized spacial score (nSPS) is 20.7. The minimum Gasteiger partial charge on any atom is -0.378 e. The van der Waals surface area contributed by atoms with Crippen LogP contribution in [0.3, 0.4) is 0 Å². The van der Waals surface area contributed by atoms with Gasteiger partial charge < -0.3 is 4.74 Å². The van der Waals surface area contributed by atoms with E-state index in [9.17, 15) is 0 Å². The second kappa shape index (κ2) is 7.60. The average Bonchev–Trinajstić information content (AvgIpc) is 2.92. The molecule has 19 heavy (non-hydrogen) atoms. The van der Waals surface area contributed by atoms with Crippen LogP contribution in [0.2, 0.25) is 5.02 Å². The number of hydrogen-bond acceptors (Lipinski definition) is 3. The van der Waals surface area contributed by atoms with E-state index in [0.717, 1.165) is 40.9 Å². The second-order valence-corrected chi connectivity index (χ2v) is 6.16. The fraction of sp³-hybridized carbons (Fsp3) is 0.571. The maximum Gasteiger partial charge on any atom is 0.0596 e. The van der Waals surface area contributed by atoms with E-state index in [-0.39, 0.29) is 6.04 Å². The molecule has 5 heteroatoms. The highest BCUT2D eigenvalue weighted by molar-refractivity contribution is 9.10. The Kier molecular flexibility index (Phi) is 6.10. The first kappa shape index (κ1) is 15.3. The van der Waals surface area contributed by atoms with Crippen molar-refractivity contribution in [1.82, 2.24) is 5.43 Å². The standard InChI is InChI=1S/C14H20BrClN2O/c15-12-7-2-6-11(14(12)16)13(18-17)8-1-4-10-5-3-9-19-10/h2,6-7,10,13,18H,1,3-5,8-9,17H2. The summed E-state index contributed by atoms with van der Waals surface area (Å²) in [7, 11) is 0. The number of nitrogens with two attached hydrogens (primary N) is 1. The van der Waals surface area contributed by atoms with Crippen molar-refractivity contribution in [3.8, 4) is 0 Å². The maximum absolute atomic E-state index is 6.31. The molecular formula is C14H20BrClN2O. The first-order valence-electron chi connectivity index (χ1n) is 6.74. The van der Waals surface area contributed by atoms with Crippen molar-refractivity contribution in [3.63, 3.8) is 0 Å². The molecule has 0 spiro atoms. The molecule has 106 valence electrons. The van der Waals surface area contributed by atoms with E-state index in [1.165, 1.54) is 12.8 Å². The number of hydrogen-bond donors (Lipinski definition) is 2. The number of halogens is 2. The summed E-state index contributed by atoms with van der Waals surface area (Å²) in [5.41, 5.74) is 3.91. The third-order valence-electron chi connectivity index (χ3n) is 3.60. The Hall–Kier alpha value is -0.130. The summed E-state index contributed by atoms with van der Waals surface area (Å²) in [6.45, 7) is 0.917. The Morgan fingerprint density at radius 2 is 2.37 bits per heavy atom. The lowest BCUT2D eigenvalue weighted by Gasteiger charge is -2.19. The zero-order chi connectivity index (χ0) is 13.7. The predicted molar refractivity (Wildman–Crippen MR) is 82.0 cm³/mol. The van der Waals surface area contributed by atoms with Crippen LogP contribution >= 0.6 is 27.5 Å². The van der Waals surface area contributed by atoms with Gasteiger partial charge in [0, 0.05) is 17.1 Å². The highest BCUT2D eigenvalue weighted by atomic mass is 79.9. The van der Waals surface area contributed by atoms with Crippen LogP contribution in [0.5, 0.6) is 0 Å². The van der Waals surface area contributed by atoms with Crippen molar-refractivity contribution in [3.05, 3.63) is 33.3 Å². The summed E-state index contributed by atoms with van der Waals surface area (Å²) in [5.74, 6) is 5.66. The molecule has 0 aliphatic carbocycles. The van der Waals surface area contributed by atoms with Gasteiger partial charge in [-0.25, -0.2) is 0 Å². The van der Waals surface area contributed by atoms with Gasteiger partial charge in [0.15, 0.2) is 0 Å². The van der Waals surface area contributed by atoms with Crippen molar-refractivity contribution in [2.45, 2.75) is 44.2 Å². The van der Waals surface area contributed by atoms with E-state index in [1.807, 2.05) is 18.2 Å². The minimum atomic E-state index is 0.0893. The van der Waals surface area contributed by atoms with Crippen molar-refractivity contribution >= 4 is 27.5 Å². The lowest BCUT2D eigenvalue weighted by Crippen LogP contribution is -2.28. The summed E-state index contributed by atoms with van der Waals surface area (Å²) in [4.78, 5) is 0. The molecule has 2 rings (SSSR count). The van der Waals surface area contributed by atoms with Crippen LogP contribution in [0, 0.1) is 0 Å². The fourth-order valence-electron chi connectivity index (χ4n) is 2.54. The lowest BCUT2D eigenvalue weighted by atomic mass is 9.99. The van der Waals surface area contributed by atoms with Gasteiger partial charge in [-0.15, -0.1) is 0 Å². The summed E-state index contributed by atoms with van der Waals surface area (Å²) in [6.07, 6.45) is 5.98. The van der Waals surface area contributed by atoms with E-state index >= 15 is 0 Å². The molecule has 2 unspecified atom stereocenters. The average molecular weight is 348 g/mol. The molecule has 1 aliphatic heterocycles. The van der Waals surface area contributed by atoms with Crippen LogP contribution in [0.25, 0.3) is 0 Å². The number of benzene rings is 1. The van der Waals surface area contributed by atoms with Crippen molar-refractivity contribution in [1.29, 1.82) is 0 Å². The van der Waals surface area contributed by atoms with E-state index in [1.54, 1.807) is 0 Å². The van der Waals surface area contributed by atoms with Gasteiger partial charge in [0.1, 0.15) is 0 Å². The Balaban J connectivity index is 1.90. The van der Waals surface area contributed by atoms with Gasteiger partial charge in [-0.05, 0) is 59.7 Å². The number of nitrogens with one attached hydrogen (secondary N) is 1. The number of rotatable bonds is 6. The second-order valence-electron chi connectivity index (χ2n) is 4.93. The van der Waals surface area contributed by atoms with Gasteiger partial charge in [0.2, 0.25) is 0 Å². The molecule has 1 aliphatic rings. The molecule has 0 aromatic heterocycles. The van der Waals surface area contributed by atoms with Crippen LogP contribution in [0.1, 0.15) is 43.7 Å². The van der Waals surface area contributed by atoms with Crippen LogP contribution in [0.4, 0.5) is 0 Å². The van der Waals surface area contributed by atoms with E-state index in [0.29, 0.717) is 6.10 Å². The molecule has 3 nitrogen and oxygen atoms in total. The zero-order valence-corrected chi connectivity index (χ0v) is 13.2. The molecule has 0 saturated carbocycles. The van der Waals surface area contributed by atoms with Crippen LogP contribution in [0.15, 0.2) is 22.7 Å². The zero-order valence-electron chi connectivity index (χ0n) is 10.9. The van der Waals surface area contributed by atoms with Crippen molar-refractivity contribution < 1.29 is 4.74 Å². The van der Waals surface area contributed by atoms with E-state index in [4.69, 9.17) is 22.2 Å².